The van der Waals surface area contributed by atoms with Gasteiger partial charge in [0, 0.05) is 0 Å². The molecule has 0 spiro atoms. The third-order valence-corrected chi connectivity index (χ3v) is 4.54. The van der Waals surface area contributed by atoms with E-state index in [1.54, 1.807) is 19.2 Å². The van der Waals surface area contributed by atoms with Crippen LogP contribution in [0, 0.1) is 0 Å². The lowest BCUT2D eigenvalue weighted by Crippen LogP contribution is -2.20. The maximum Gasteiger partial charge on any atom is 0.175 e. The van der Waals surface area contributed by atoms with Gasteiger partial charge in [-0.15, -0.1) is 0 Å². The first-order chi connectivity index (χ1) is 11.2. The molecule has 0 saturated heterocycles. The molecule has 0 fully saturated rings. The van der Waals surface area contributed by atoms with Gasteiger partial charge < -0.3 is 15.4 Å². The van der Waals surface area contributed by atoms with E-state index in [2.05, 4.69) is 31.4 Å². The van der Waals surface area contributed by atoms with E-state index in [1.807, 2.05) is 24.3 Å². The van der Waals surface area contributed by atoms with Crippen molar-refractivity contribution in [2.45, 2.75) is 26.2 Å². The molecule has 2 aromatic rings. The van der Waals surface area contributed by atoms with E-state index in [0.29, 0.717) is 26.6 Å². The fraction of sp³-hybridized carbons (Fsp3) is 0.278. The van der Waals surface area contributed by atoms with Crippen LogP contribution in [-0.2, 0) is 5.41 Å². The molecule has 0 bridgehead atoms. The predicted molar refractivity (Wildman–Crippen MR) is 108 cm³/mol. The Labute approximate surface area is 158 Å². The van der Waals surface area contributed by atoms with Gasteiger partial charge in [-0.3, -0.25) is 0 Å². The summed E-state index contributed by atoms with van der Waals surface area (Å²) in [6, 6.07) is 11.4. The van der Waals surface area contributed by atoms with Crippen LogP contribution in [0.25, 0.3) is 0 Å². The second-order valence-electron chi connectivity index (χ2n) is 6.35. The molecule has 24 heavy (non-hydrogen) atoms. The SMILES string of the molecule is COc1ccc(C(C)(C)C)cc1NC(=S)Nc1cccc(Cl)c1Cl. The van der Waals surface area contributed by atoms with Gasteiger partial charge in [-0.25, -0.2) is 0 Å². The fourth-order valence-corrected chi connectivity index (χ4v) is 2.72. The van der Waals surface area contributed by atoms with Crippen molar-refractivity contribution in [3.05, 3.63) is 52.0 Å². The number of nitrogens with one attached hydrogen (secondary N) is 2. The summed E-state index contributed by atoms with van der Waals surface area (Å²) < 4.78 is 5.41. The Kier molecular flexibility index (Phi) is 5.97. The van der Waals surface area contributed by atoms with Gasteiger partial charge >= 0.3 is 0 Å². The molecular formula is C18H20Cl2N2OS. The molecule has 0 amide bonds. The predicted octanol–water partition coefficient (Wildman–Crippen LogP) is 6.11. The Morgan fingerprint density at radius 3 is 2.33 bits per heavy atom. The highest BCUT2D eigenvalue weighted by molar-refractivity contribution is 7.80. The van der Waals surface area contributed by atoms with Crippen molar-refractivity contribution in [2.24, 2.45) is 0 Å². The van der Waals surface area contributed by atoms with Crippen LogP contribution in [0.3, 0.4) is 0 Å². The number of ether oxygens (including phenoxy) is 1. The third-order valence-electron chi connectivity index (χ3n) is 3.51. The molecule has 128 valence electrons. The van der Waals surface area contributed by atoms with Crippen molar-refractivity contribution in [2.75, 3.05) is 17.7 Å². The minimum absolute atomic E-state index is 0.0218. The quantitative estimate of drug-likeness (QED) is 0.627. The maximum absolute atomic E-state index is 6.18. The van der Waals surface area contributed by atoms with Gasteiger partial charge in [0.05, 0.1) is 28.5 Å². The summed E-state index contributed by atoms with van der Waals surface area (Å²) in [4.78, 5) is 0. The Balaban J connectivity index is 2.23. The Morgan fingerprint density at radius 1 is 1.04 bits per heavy atom. The largest absolute Gasteiger partial charge is 0.495 e. The summed E-state index contributed by atoms with van der Waals surface area (Å²) in [6.45, 7) is 6.46. The summed E-state index contributed by atoms with van der Waals surface area (Å²) in [6.07, 6.45) is 0. The molecule has 0 aliphatic heterocycles. The number of hydrogen-bond donors (Lipinski definition) is 2. The molecule has 0 aromatic heterocycles. The second kappa shape index (κ2) is 7.60. The number of rotatable bonds is 3. The lowest BCUT2D eigenvalue weighted by atomic mass is 9.87. The zero-order valence-corrected chi connectivity index (χ0v) is 16.4. The molecule has 0 atom stereocenters. The van der Waals surface area contributed by atoms with Gasteiger partial charge in [0.25, 0.3) is 0 Å². The Hall–Kier alpha value is -1.49. The van der Waals surface area contributed by atoms with Crippen LogP contribution in [0.15, 0.2) is 36.4 Å². The molecular weight excluding hydrogens is 363 g/mol. The molecule has 2 rings (SSSR count). The van der Waals surface area contributed by atoms with Crippen molar-refractivity contribution in [1.82, 2.24) is 0 Å². The van der Waals surface area contributed by atoms with Crippen molar-refractivity contribution in [1.29, 1.82) is 0 Å². The van der Waals surface area contributed by atoms with Gasteiger partial charge in [0.2, 0.25) is 0 Å². The minimum Gasteiger partial charge on any atom is -0.495 e. The van der Waals surface area contributed by atoms with E-state index in [0.717, 1.165) is 5.69 Å². The summed E-state index contributed by atoms with van der Waals surface area (Å²) in [5.41, 5.74) is 2.64. The second-order valence-corrected chi connectivity index (χ2v) is 7.54. The standard InChI is InChI=1S/C18H20Cl2N2OS/c1-18(2,3)11-8-9-15(23-4)14(10-11)22-17(24)21-13-7-5-6-12(19)16(13)20/h5-10H,1-4H3,(H2,21,22,24). The average Bonchev–Trinajstić information content (AvgIpc) is 2.51. The smallest absolute Gasteiger partial charge is 0.175 e. The highest BCUT2D eigenvalue weighted by Crippen LogP contribution is 2.32. The van der Waals surface area contributed by atoms with E-state index in [-0.39, 0.29) is 5.41 Å². The van der Waals surface area contributed by atoms with Crippen LogP contribution in [-0.4, -0.2) is 12.2 Å². The third kappa shape index (κ3) is 4.53. The summed E-state index contributed by atoms with van der Waals surface area (Å²) >= 11 is 17.6. The Morgan fingerprint density at radius 2 is 1.71 bits per heavy atom. The molecule has 0 radical (unpaired) electrons. The van der Waals surface area contributed by atoms with E-state index in [1.165, 1.54) is 5.56 Å². The number of thiocarbonyl (C=S) groups is 1. The van der Waals surface area contributed by atoms with Gasteiger partial charge in [0.1, 0.15) is 5.75 Å². The van der Waals surface area contributed by atoms with Crippen molar-refractivity contribution in [3.63, 3.8) is 0 Å². The average molecular weight is 383 g/mol. The monoisotopic (exact) mass is 382 g/mol. The zero-order chi connectivity index (χ0) is 17.9. The molecule has 6 heteroatoms. The van der Waals surface area contributed by atoms with Crippen LogP contribution in [0.2, 0.25) is 10.0 Å². The number of benzene rings is 2. The van der Waals surface area contributed by atoms with Crippen molar-refractivity contribution in [3.8, 4) is 5.75 Å². The van der Waals surface area contributed by atoms with Crippen molar-refractivity contribution >= 4 is 51.9 Å². The number of methoxy groups -OCH3 is 1. The Bertz CT molecular complexity index is 757. The zero-order valence-electron chi connectivity index (χ0n) is 14.0. The first-order valence-corrected chi connectivity index (χ1v) is 8.59. The topological polar surface area (TPSA) is 33.3 Å². The van der Waals surface area contributed by atoms with Gasteiger partial charge in [-0.1, -0.05) is 56.1 Å². The molecule has 0 aliphatic carbocycles. The molecule has 0 aliphatic rings. The number of anilines is 2. The minimum atomic E-state index is 0.0218. The number of hydrogen-bond acceptors (Lipinski definition) is 2. The van der Waals surface area contributed by atoms with Crippen LogP contribution < -0.4 is 15.4 Å². The molecule has 2 aromatic carbocycles. The van der Waals surface area contributed by atoms with Crippen molar-refractivity contribution < 1.29 is 4.74 Å². The molecule has 3 nitrogen and oxygen atoms in total. The van der Waals surface area contributed by atoms with Gasteiger partial charge in [-0.2, -0.15) is 0 Å². The van der Waals surface area contributed by atoms with E-state index >= 15 is 0 Å². The molecule has 0 unspecified atom stereocenters. The lowest BCUT2D eigenvalue weighted by Gasteiger charge is -2.22. The highest BCUT2D eigenvalue weighted by atomic mass is 35.5. The van der Waals surface area contributed by atoms with E-state index in [9.17, 15) is 0 Å². The van der Waals surface area contributed by atoms with E-state index in [4.69, 9.17) is 40.2 Å². The lowest BCUT2D eigenvalue weighted by molar-refractivity contribution is 0.416. The number of halogens is 2. The first kappa shape index (κ1) is 18.8. The highest BCUT2D eigenvalue weighted by Gasteiger charge is 2.16. The van der Waals surface area contributed by atoms with E-state index < -0.39 is 0 Å². The van der Waals surface area contributed by atoms with Crippen LogP contribution in [0.5, 0.6) is 5.75 Å². The van der Waals surface area contributed by atoms with Crippen LogP contribution in [0.4, 0.5) is 11.4 Å². The maximum atomic E-state index is 6.18. The summed E-state index contributed by atoms with van der Waals surface area (Å²) in [5, 5.41) is 7.52. The fourth-order valence-electron chi connectivity index (χ4n) is 2.15. The van der Waals surface area contributed by atoms with Gasteiger partial charge in [0.15, 0.2) is 5.11 Å². The first-order valence-electron chi connectivity index (χ1n) is 7.43. The van der Waals surface area contributed by atoms with Gasteiger partial charge in [-0.05, 0) is 47.5 Å². The summed E-state index contributed by atoms with van der Waals surface area (Å²) in [7, 11) is 1.63. The molecule has 0 saturated carbocycles. The van der Waals surface area contributed by atoms with Crippen LogP contribution in [0.1, 0.15) is 26.3 Å². The summed E-state index contributed by atoms with van der Waals surface area (Å²) in [5.74, 6) is 0.712. The molecule has 2 N–H and O–H groups in total. The molecule has 0 heterocycles. The van der Waals surface area contributed by atoms with Crippen LogP contribution >= 0.6 is 35.4 Å². The normalized spacial score (nSPS) is 11.1.